The summed E-state index contributed by atoms with van der Waals surface area (Å²) in [6.45, 7) is 5.75. The molecule has 0 bridgehead atoms. The first-order valence-electron chi connectivity index (χ1n) is 7.38. The normalized spacial score (nSPS) is 12.2. The number of ether oxygens (including phenoxy) is 1. The van der Waals surface area contributed by atoms with E-state index in [0.29, 0.717) is 17.5 Å². The maximum Gasteiger partial charge on any atom is 0.257 e. The van der Waals surface area contributed by atoms with Gasteiger partial charge in [-0.3, -0.25) is 4.79 Å². The van der Waals surface area contributed by atoms with Gasteiger partial charge in [0.25, 0.3) is 5.89 Å². The van der Waals surface area contributed by atoms with Gasteiger partial charge in [0.1, 0.15) is 5.75 Å². The highest BCUT2D eigenvalue weighted by Crippen LogP contribution is 2.22. The second-order valence-corrected chi connectivity index (χ2v) is 6.69. The number of aromatic nitrogens is 2. The van der Waals surface area contributed by atoms with Gasteiger partial charge in [0.2, 0.25) is 5.91 Å². The maximum atomic E-state index is 11.9. The zero-order chi connectivity index (χ0) is 16.8. The predicted molar refractivity (Wildman–Crippen MR) is 90.3 cm³/mol. The number of nitrogens with one attached hydrogen (secondary N) is 1. The van der Waals surface area contributed by atoms with Gasteiger partial charge in [0, 0.05) is 11.6 Å². The van der Waals surface area contributed by atoms with Gasteiger partial charge in [-0.2, -0.15) is 4.98 Å². The molecule has 1 amide bonds. The lowest BCUT2D eigenvalue weighted by Gasteiger charge is -2.13. The fourth-order valence-corrected chi connectivity index (χ4v) is 2.58. The van der Waals surface area contributed by atoms with Crippen molar-refractivity contribution in [2.24, 2.45) is 0 Å². The molecule has 2 aromatic rings. The molecule has 0 saturated heterocycles. The number of methoxy groups -OCH3 is 1. The largest absolute Gasteiger partial charge is 0.497 e. The van der Waals surface area contributed by atoms with Gasteiger partial charge >= 0.3 is 0 Å². The minimum absolute atomic E-state index is 0.0175. The summed E-state index contributed by atoms with van der Waals surface area (Å²) in [5, 5.41) is 6.68. The van der Waals surface area contributed by atoms with Crippen molar-refractivity contribution in [3.05, 3.63) is 30.1 Å². The molecule has 1 heterocycles. The number of benzene rings is 1. The zero-order valence-corrected chi connectivity index (χ0v) is 14.5. The Morgan fingerprint density at radius 3 is 2.61 bits per heavy atom. The number of nitrogens with zero attached hydrogens (tertiary/aromatic N) is 2. The molecule has 0 aliphatic rings. The standard InChI is InChI=1S/C16H21N3O3S/c1-10(2)17-15(20)11(3)23-9-14-18-16(22-19-14)12-5-7-13(21-4)8-6-12/h5-8,10-11H,9H2,1-4H3,(H,17,20)/t11-/m1/s1. The zero-order valence-electron chi connectivity index (χ0n) is 13.7. The van der Waals surface area contributed by atoms with Crippen molar-refractivity contribution >= 4 is 17.7 Å². The highest BCUT2D eigenvalue weighted by atomic mass is 32.2. The number of carbonyl (C=O) groups is 1. The number of carbonyl (C=O) groups excluding carboxylic acids is 1. The Hall–Kier alpha value is -2.02. The Labute approximate surface area is 140 Å². The van der Waals surface area contributed by atoms with E-state index < -0.39 is 0 Å². The summed E-state index contributed by atoms with van der Waals surface area (Å²) in [4.78, 5) is 16.2. The highest BCUT2D eigenvalue weighted by Gasteiger charge is 2.16. The van der Waals surface area contributed by atoms with Crippen LogP contribution in [0.15, 0.2) is 28.8 Å². The van der Waals surface area contributed by atoms with Crippen molar-refractivity contribution < 1.29 is 14.1 Å². The third-order valence-corrected chi connectivity index (χ3v) is 4.21. The summed E-state index contributed by atoms with van der Waals surface area (Å²) in [7, 11) is 1.62. The van der Waals surface area contributed by atoms with Crippen LogP contribution >= 0.6 is 11.8 Å². The molecule has 7 heteroatoms. The van der Waals surface area contributed by atoms with Gasteiger partial charge in [0.15, 0.2) is 5.82 Å². The average molecular weight is 335 g/mol. The lowest BCUT2D eigenvalue weighted by Crippen LogP contribution is -2.35. The average Bonchev–Trinajstić information content (AvgIpc) is 3.01. The molecule has 1 atom stereocenters. The van der Waals surface area contributed by atoms with Crippen LogP contribution in [0.4, 0.5) is 0 Å². The van der Waals surface area contributed by atoms with Gasteiger partial charge in [0.05, 0.1) is 18.1 Å². The van der Waals surface area contributed by atoms with E-state index in [2.05, 4.69) is 15.5 Å². The molecule has 6 nitrogen and oxygen atoms in total. The number of hydrogen-bond acceptors (Lipinski definition) is 6. The topological polar surface area (TPSA) is 77.2 Å². The van der Waals surface area contributed by atoms with E-state index in [9.17, 15) is 4.79 Å². The van der Waals surface area contributed by atoms with E-state index in [4.69, 9.17) is 9.26 Å². The van der Waals surface area contributed by atoms with Crippen LogP contribution in [0, 0.1) is 0 Å². The highest BCUT2D eigenvalue weighted by molar-refractivity contribution is 7.99. The molecule has 0 radical (unpaired) electrons. The molecule has 124 valence electrons. The number of hydrogen-bond donors (Lipinski definition) is 1. The third kappa shape index (κ3) is 4.99. The van der Waals surface area contributed by atoms with Gasteiger partial charge < -0.3 is 14.6 Å². The smallest absolute Gasteiger partial charge is 0.257 e. The number of thioether (sulfide) groups is 1. The van der Waals surface area contributed by atoms with Crippen LogP contribution in [0.3, 0.4) is 0 Å². The first-order valence-corrected chi connectivity index (χ1v) is 8.43. The summed E-state index contributed by atoms with van der Waals surface area (Å²) in [5.74, 6) is 2.34. The van der Waals surface area contributed by atoms with Crippen LogP contribution < -0.4 is 10.1 Å². The van der Waals surface area contributed by atoms with Crippen LogP contribution in [0.5, 0.6) is 5.75 Å². The van der Waals surface area contributed by atoms with E-state index in [1.54, 1.807) is 7.11 Å². The van der Waals surface area contributed by atoms with Gasteiger partial charge in [-0.25, -0.2) is 0 Å². The molecule has 1 N–H and O–H groups in total. The van der Waals surface area contributed by atoms with Crippen molar-refractivity contribution in [3.63, 3.8) is 0 Å². The van der Waals surface area contributed by atoms with Crippen molar-refractivity contribution in [2.75, 3.05) is 7.11 Å². The summed E-state index contributed by atoms with van der Waals surface area (Å²) in [6.07, 6.45) is 0. The quantitative estimate of drug-likeness (QED) is 0.838. The second kappa shape index (κ2) is 8.01. The van der Waals surface area contributed by atoms with E-state index in [-0.39, 0.29) is 17.2 Å². The molecule has 0 saturated carbocycles. The SMILES string of the molecule is COc1ccc(-c2nc(CS[C@H](C)C(=O)NC(C)C)no2)cc1. The third-order valence-electron chi connectivity index (χ3n) is 3.07. The minimum Gasteiger partial charge on any atom is -0.497 e. The lowest BCUT2D eigenvalue weighted by atomic mass is 10.2. The molecule has 0 aliphatic carbocycles. The van der Waals surface area contributed by atoms with E-state index in [1.807, 2.05) is 45.0 Å². The number of rotatable bonds is 7. The Balaban J connectivity index is 1.92. The van der Waals surface area contributed by atoms with E-state index in [0.717, 1.165) is 11.3 Å². The molecule has 0 aliphatic heterocycles. The van der Waals surface area contributed by atoms with Crippen LogP contribution in [0.25, 0.3) is 11.5 Å². The molecule has 2 rings (SSSR count). The predicted octanol–water partition coefficient (Wildman–Crippen LogP) is 2.89. The fourth-order valence-electron chi connectivity index (χ4n) is 1.84. The van der Waals surface area contributed by atoms with Crippen molar-refractivity contribution in [3.8, 4) is 17.2 Å². The molecule has 0 fully saturated rings. The van der Waals surface area contributed by atoms with Gasteiger partial charge in [-0.1, -0.05) is 5.16 Å². The molecule has 0 unspecified atom stereocenters. The van der Waals surface area contributed by atoms with Crippen molar-refractivity contribution in [2.45, 2.75) is 37.8 Å². The van der Waals surface area contributed by atoms with Gasteiger partial charge in [-0.15, -0.1) is 11.8 Å². The first kappa shape index (κ1) is 17.3. The van der Waals surface area contributed by atoms with E-state index >= 15 is 0 Å². The molecule has 23 heavy (non-hydrogen) atoms. The van der Waals surface area contributed by atoms with Crippen molar-refractivity contribution in [1.82, 2.24) is 15.5 Å². The summed E-state index contributed by atoms with van der Waals surface area (Å²) in [5.41, 5.74) is 0.833. The Morgan fingerprint density at radius 1 is 1.30 bits per heavy atom. The fraction of sp³-hybridized carbons (Fsp3) is 0.438. The molecular weight excluding hydrogens is 314 g/mol. The molecule has 1 aromatic heterocycles. The number of amides is 1. The molecule has 1 aromatic carbocycles. The van der Waals surface area contributed by atoms with Gasteiger partial charge in [-0.05, 0) is 45.0 Å². The van der Waals surface area contributed by atoms with E-state index in [1.165, 1.54) is 11.8 Å². The van der Waals surface area contributed by atoms with Crippen LogP contribution in [0.1, 0.15) is 26.6 Å². The minimum atomic E-state index is -0.166. The summed E-state index contributed by atoms with van der Waals surface area (Å²) >= 11 is 1.48. The molecule has 0 spiro atoms. The van der Waals surface area contributed by atoms with Crippen molar-refractivity contribution in [1.29, 1.82) is 0 Å². The van der Waals surface area contributed by atoms with Crippen LogP contribution in [-0.4, -0.2) is 34.4 Å². The maximum absolute atomic E-state index is 11.9. The lowest BCUT2D eigenvalue weighted by molar-refractivity contribution is -0.120. The summed E-state index contributed by atoms with van der Waals surface area (Å²) in [6, 6.07) is 7.54. The van der Waals surface area contributed by atoms with Crippen LogP contribution in [0.2, 0.25) is 0 Å². The Morgan fingerprint density at radius 2 is 2.00 bits per heavy atom. The Bertz CT molecular complexity index is 640. The Kier molecular flexibility index (Phi) is 6.04. The molecular formula is C16H21N3O3S. The summed E-state index contributed by atoms with van der Waals surface area (Å²) < 4.78 is 10.4. The first-order chi connectivity index (χ1) is 11.0. The monoisotopic (exact) mass is 335 g/mol. The van der Waals surface area contributed by atoms with Crippen LogP contribution in [-0.2, 0) is 10.5 Å². The second-order valence-electron chi connectivity index (χ2n) is 5.36.